The molecular formula is C15H29BrN2O3. The molecule has 1 fully saturated rings. The van der Waals surface area contributed by atoms with Gasteiger partial charge in [-0.1, -0.05) is 27.7 Å². The molecule has 1 heterocycles. The van der Waals surface area contributed by atoms with Crippen LogP contribution in [0.4, 0.5) is 0 Å². The first-order valence-corrected chi connectivity index (χ1v) is 7.55. The van der Waals surface area contributed by atoms with Crippen molar-refractivity contribution in [2.75, 3.05) is 32.7 Å². The zero-order valence-corrected chi connectivity index (χ0v) is 15.5. The molecular weight excluding hydrogens is 336 g/mol. The molecule has 1 aliphatic heterocycles. The second kappa shape index (κ2) is 9.41. The summed E-state index contributed by atoms with van der Waals surface area (Å²) in [6, 6.07) is 0. The highest BCUT2D eigenvalue weighted by atomic mass is 79.9. The number of hydrogen-bond acceptors (Lipinski definition) is 4. The van der Waals surface area contributed by atoms with Crippen molar-refractivity contribution in [1.29, 1.82) is 0 Å². The van der Waals surface area contributed by atoms with E-state index in [1.54, 1.807) is 4.90 Å². The number of ether oxygens (including phenoxy) is 1. The summed E-state index contributed by atoms with van der Waals surface area (Å²) in [6.07, 6.45) is -0.211. The molecule has 0 bridgehead atoms. The number of nitrogens with zero attached hydrogens (tertiary/aromatic N) is 2. The Morgan fingerprint density at radius 2 is 1.71 bits per heavy atom. The van der Waals surface area contributed by atoms with Crippen molar-refractivity contribution in [3.05, 3.63) is 0 Å². The third-order valence-electron chi connectivity index (χ3n) is 3.25. The number of amides is 1. The highest BCUT2D eigenvalue weighted by molar-refractivity contribution is 8.93. The van der Waals surface area contributed by atoms with E-state index in [9.17, 15) is 9.59 Å². The van der Waals surface area contributed by atoms with Crippen molar-refractivity contribution >= 4 is 28.9 Å². The van der Waals surface area contributed by atoms with Crippen molar-refractivity contribution in [2.45, 2.75) is 40.7 Å². The number of halogens is 1. The normalized spacial score (nSPS) is 19.2. The third kappa shape index (κ3) is 6.78. The summed E-state index contributed by atoms with van der Waals surface area (Å²) in [4.78, 5) is 27.0. The molecule has 1 saturated heterocycles. The lowest BCUT2D eigenvalue weighted by molar-refractivity contribution is -0.173. The van der Waals surface area contributed by atoms with Gasteiger partial charge in [-0.25, -0.2) is 4.79 Å². The van der Waals surface area contributed by atoms with Crippen LogP contribution >= 0.6 is 17.0 Å². The van der Waals surface area contributed by atoms with Crippen molar-refractivity contribution < 1.29 is 14.3 Å². The van der Waals surface area contributed by atoms with E-state index in [-0.39, 0.29) is 23.1 Å². The maximum atomic E-state index is 11.6. The van der Waals surface area contributed by atoms with Gasteiger partial charge < -0.3 is 9.64 Å². The predicted octanol–water partition coefficient (Wildman–Crippen LogP) is 1.95. The number of hydrogen-bond donors (Lipinski definition) is 0. The smallest absolute Gasteiger partial charge is 0.397 e. The molecule has 0 radical (unpaired) electrons. The minimum Gasteiger partial charge on any atom is -0.452 e. The fraction of sp³-hybridized carbons (Fsp3) is 0.867. The quantitative estimate of drug-likeness (QED) is 0.511. The minimum atomic E-state index is -0.711. The zero-order valence-electron chi connectivity index (χ0n) is 13.8. The lowest BCUT2D eigenvalue weighted by Crippen LogP contribution is -2.53. The Morgan fingerprint density at radius 1 is 1.19 bits per heavy atom. The summed E-state index contributed by atoms with van der Waals surface area (Å²) in [5, 5.41) is 0. The van der Waals surface area contributed by atoms with Gasteiger partial charge in [-0.05, 0) is 18.8 Å². The Bertz CT molecular complexity index is 338. The number of rotatable bonds is 7. The Balaban J connectivity index is 0.00000400. The monoisotopic (exact) mass is 364 g/mol. The molecule has 1 amide bonds. The lowest BCUT2D eigenvalue weighted by Gasteiger charge is -2.35. The summed E-state index contributed by atoms with van der Waals surface area (Å²) in [7, 11) is 0. The average molecular weight is 365 g/mol. The van der Waals surface area contributed by atoms with Crippen LogP contribution in [0.2, 0.25) is 0 Å². The van der Waals surface area contributed by atoms with Gasteiger partial charge in [-0.15, -0.1) is 17.0 Å². The number of carbonyl (C=O) groups excluding carboxylic acids is 2. The van der Waals surface area contributed by atoms with E-state index in [1.807, 2.05) is 6.92 Å². The van der Waals surface area contributed by atoms with Gasteiger partial charge in [0.2, 0.25) is 0 Å². The molecule has 21 heavy (non-hydrogen) atoms. The van der Waals surface area contributed by atoms with E-state index in [2.05, 4.69) is 32.6 Å². The molecule has 6 heteroatoms. The number of carbonyl (C=O) groups is 2. The summed E-state index contributed by atoms with van der Waals surface area (Å²) in [6.45, 7) is 14.3. The van der Waals surface area contributed by atoms with Crippen LogP contribution in [0, 0.1) is 11.8 Å². The van der Waals surface area contributed by atoms with Crippen molar-refractivity contribution in [2.24, 2.45) is 11.8 Å². The second-order valence-corrected chi connectivity index (χ2v) is 6.38. The molecule has 0 N–H and O–H groups in total. The first kappa shape index (κ1) is 20.4. The molecule has 0 aromatic heterocycles. The highest BCUT2D eigenvalue weighted by Crippen LogP contribution is 2.12. The number of cyclic esters (lactones) is 1. The van der Waals surface area contributed by atoms with Crippen LogP contribution in [0.3, 0.4) is 0 Å². The van der Waals surface area contributed by atoms with E-state index in [4.69, 9.17) is 4.74 Å². The average Bonchev–Trinajstić information content (AvgIpc) is 2.31. The minimum absolute atomic E-state index is 0. The molecule has 1 aliphatic rings. The van der Waals surface area contributed by atoms with E-state index >= 15 is 0 Å². The molecule has 1 unspecified atom stereocenters. The number of likely N-dealkylation sites (N-methyl/N-ethyl adjacent to an activating group) is 1. The van der Waals surface area contributed by atoms with Gasteiger partial charge in [0.15, 0.2) is 0 Å². The third-order valence-corrected chi connectivity index (χ3v) is 3.25. The van der Waals surface area contributed by atoms with Gasteiger partial charge in [0, 0.05) is 26.2 Å². The maximum Gasteiger partial charge on any atom is 0.397 e. The Labute approximate surface area is 138 Å². The van der Waals surface area contributed by atoms with Crippen LogP contribution in [-0.4, -0.2) is 60.5 Å². The van der Waals surface area contributed by atoms with Crippen LogP contribution < -0.4 is 0 Å². The molecule has 0 spiro atoms. The number of esters is 1. The van der Waals surface area contributed by atoms with Gasteiger partial charge in [0.05, 0.1) is 6.54 Å². The molecule has 1 rings (SSSR count). The molecule has 0 aromatic carbocycles. The molecule has 124 valence electrons. The standard InChI is InChI=1S/C15H28N2O3.BrH/c1-6-17-10-13(20-15(19)14(17)18)9-16(7-11(2)3)8-12(4)5;/h11-13H,6-10H2,1-5H3;1H. The molecule has 0 aromatic rings. The van der Waals surface area contributed by atoms with Gasteiger partial charge in [0.1, 0.15) is 6.10 Å². The van der Waals surface area contributed by atoms with Crippen molar-refractivity contribution in [3.63, 3.8) is 0 Å². The molecule has 1 atom stereocenters. The lowest BCUT2D eigenvalue weighted by atomic mass is 10.1. The van der Waals surface area contributed by atoms with Gasteiger partial charge in [0.25, 0.3) is 0 Å². The molecule has 0 saturated carbocycles. The van der Waals surface area contributed by atoms with E-state index in [1.165, 1.54) is 0 Å². The summed E-state index contributed by atoms with van der Waals surface area (Å²) in [5.74, 6) is -0.0888. The first-order valence-electron chi connectivity index (χ1n) is 7.55. The van der Waals surface area contributed by atoms with Gasteiger partial charge in [-0.2, -0.15) is 0 Å². The number of morpholine rings is 1. The van der Waals surface area contributed by atoms with Crippen LogP contribution in [0.15, 0.2) is 0 Å². The van der Waals surface area contributed by atoms with Crippen LogP contribution in [-0.2, 0) is 14.3 Å². The fourth-order valence-electron chi connectivity index (χ4n) is 2.61. The molecule has 0 aliphatic carbocycles. The van der Waals surface area contributed by atoms with Gasteiger partial charge >= 0.3 is 11.9 Å². The highest BCUT2D eigenvalue weighted by Gasteiger charge is 2.34. The van der Waals surface area contributed by atoms with E-state index in [0.717, 1.165) is 13.1 Å². The van der Waals surface area contributed by atoms with E-state index in [0.29, 0.717) is 31.5 Å². The Hall–Kier alpha value is -0.620. The van der Waals surface area contributed by atoms with Crippen LogP contribution in [0.25, 0.3) is 0 Å². The topological polar surface area (TPSA) is 49.9 Å². The largest absolute Gasteiger partial charge is 0.452 e. The van der Waals surface area contributed by atoms with Crippen molar-refractivity contribution in [3.8, 4) is 0 Å². The van der Waals surface area contributed by atoms with Crippen molar-refractivity contribution in [1.82, 2.24) is 9.80 Å². The van der Waals surface area contributed by atoms with Crippen LogP contribution in [0.1, 0.15) is 34.6 Å². The van der Waals surface area contributed by atoms with Gasteiger partial charge in [-0.3, -0.25) is 9.69 Å². The zero-order chi connectivity index (χ0) is 15.3. The maximum absolute atomic E-state index is 11.6. The predicted molar refractivity (Wildman–Crippen MR) is 88.6 cm³/mol. The Kier molecular flexibility index (Phi) is 9.13. The Morgan fingerprint density at radius 3 is 2.14 bits per heavy atom. The second-order valence-electron chi connectivity index (χ2n) is 6.38. The van der Waals surface area contributed by atoms with Crippen LogP contribution in [0.5, 0.6) is 0 Å². The summed E-state index contributed by atoms with van der Waals surface area (Å²) >= 11 is 0. The SMILES string of the molecule is Br.CCN1CC(CN(CC(C)C)CC(C)C)OC(=O)C1=O. The van der Waals surface area contributed by atoms with E-state index < -0.39 is 11.9 Å². The first-order chi connectivity index (χ1) is 9.33. The summed E-state index contributed by atoms with van der Waals surface area (Å²) < 4.78 is 5.25. The summed E-state index contributed by atoms with van der Waals surface area (Å²) in [5.41, 5.74) is 0. The fourth-order valence-corrected chi connectivity index (χ4v) is 2.61. The molecule has 5 nitrogen and oxygen atoms in total.